The molecule has 1 fully saturated rings. The van der Waals surface area contributed by atoms with E-state index in [4.69, 9.17) is 15.7 Å². The summed E-state index contributed by atoms with van der Waals surface area (Å²) in [6, 6.07) is 0.575. The fourth-order valence-corrected chi connectivity index (χ4v) is 2.50. The molecule has 1 atom stereocenters. The Labute approximate surface area is 116 Å². The summed E-state index contributed by atoms with van der Waals surface area (Å²) in [5.74, 6) is 0.324. The van der Waals surface area contributed by atoms with Gasteiger partial charge < -0.3 is 15.7 Å². The topological polar surface area (TPSA) is 71.1 Å². The predicted molar refractivity (Wildman–Crippen MR) is 77.5 cm³/mol. The van der Waals surface area contributed by atoms with Crippen LogP contribution in [0.3, 0.4) is 0 Å². The summed E-state index contributed by atoms with van der Waals surface area (Å²) in [6.45, 7) is 10.1. The molecule has 3 N–H and O–H groups in total. The molecule has 0 bridgehead atoms. The number of nitrogens with zero attached hydrogens (tertiary/aromatic N) is 2. The van der Waals surface area contributed by atoms with Gasteiger partial charge in [-0.2, -0.15) is 0 Å². The number of hydrogen-bond acceptors (Lipinski definition) is 4. The third-order valence-electron chi connectivity index (χ3n) is 4.12. The fraction of sp³-hybridized carbons (Fsp3) is 0.929. The summed E-state index contributed by atoms with van der Waals surface area (Å²) in [4.78, 5) is 2.53. The highest BCUT2D eigenvalue weighted by Gasteiger charge is 2.24. The maximum absolute atomic E-state index is 8.74. The van der Waals surface area contributed by atoms with E-state index in [1.807, 2.05) is 13.8 Å². The molecule has 112 valence electrons. The smallest absolute Gasteiger partial charge is 0.144 e. The summed E-state index contributed by atoms with van der Waals surface area (Å²) in [5.41, 5.74) is 5.47. The molecule has 1 unspecified atom stereocenters. The normalized spacial score (nSPS) is 22.7. The number of ether oxygens (including phenoxy) is 1. The Hall–Kier alpha value is -0.810. The molecule has 0 aromatic rings. The lowest BCUT2D eigenvalue weighted by Gasteiger charge is -2.35. The van der Waals surface area contributed by atoms with Crippen LogP contribution in [0.2, 0.25) is 0 Å². The molecule has 1 aliphatic heterocycles. The van der Waals surface area contributed by atoms with E-state index in [2.05, 4.69) is 17.0 Å². The highest BCUT2D eigenvalue weighted by Crippen LogP contribution is 2.23. The maximum atomic E-state index is 8.74. The van der Waals surface area contributed by atoms with Gasteiger partial charge in [0.2, 0.25) is 0 Å². The van der Waals surface area contributed by atoms with Gasteiger partial charge in [0, 0.05) is 18.0 Å². The highest BCUT2D eigenvalue weighted by molar-refractivity contribution is 5.85. The van der Waals surface area contributed by atoms with Gasteiger partial charge in [-0.3, -0.25) is 4.90 Å². The number of hydrogen-bond donors (Lipinski definition) is 2. The van der Waals surface area contributed by atoms with Crippen molar-refractivity contribution in [3.8, 4) is 0 Å². The average molecular weight is 271 g/mol. The highest BCUT2D eigenvalue weighted by atomic mass is 16.5. The van der Waals surface area contributed by atoms with Crippen molar-refractivity contribution in [3.63, 3.8) is 0 Å². The number of oxime groups is 1. The number of amidine groups is 1. The molecular formula is C14H29N3O2. The molecule has 0 aliphatic carbocycles. The van der Waals surface area contributed by atoms with Gasteiger partial charge in [0.1, 0.15) is 5.84 Å². The maximum Gasteiger partial charge on any atom is 0.144 e. The van der Waals surface area contributed by atoms with Crippen LogP contribution >= 0.6 is 0 Å². The molecular weight excluding hydrogens is 242 g/mol. The van der Waals surface area contributed by atoms with Crippen molar-refractivity contribution in [2.24, 2.45) is 16.3 Å². The van der Waals surface area contributed by atoms with Crippen LogP contribution in [0.1, 0.15) is 46.5 Å². The van der Waals surface area contributed by atoms with Crippen molar-refractivity contribution in [1.82, 2.24) is 4.90 Å². The molecule has 1 rings (SSSR count). The fourth-order valence-electron chi connectivity index (χ4n) is 2.50. The van der Waals surface area contributed by atoms with Gasteiger partial charge in [-0.1, -0.05) is 32.3 Å². The van der Waals surface area contributed by atoms with Gasteiger partial charge >= 0.3 is 0 Å². The Morgan fingerprint density at radius 2 is 2.21 bits per heavy atom. The molecule has 1 heterocycles. The minimum atomic E-state index is -0.218. The van der Waals surface area contributed by atoms with E-state index in [1.165, 1.54) is 0 Å². The Morgan fingerprint density at radius 3 is 2.84 bits per heavy atom. The first-order valence-corrected chi connectivity index (χ1v) is 7.31. The van der Waals surface area contributed by atoms with Crippen LogP contribution in [-0.4, -0.2) is 48.3 Å². The standard InChI is InChI=1S/C14H29N3O2/c1-4-12-11-19-10-9-17(12)8-6-5-7-14(2,3)13(15)16-18/h12,18H,4-11H2,1-3H3,(H2,15,16). The third kappa shape index (κ3) is 4.99. The molecule has 0 aromatic carbocycles. The van der Waals surface area contributed by atoms with Crippen molar-refractivity contribution >= 4 is 5.84 Å². The van der Waals surface area contributed by atoms with Crippen LogP contribution in [-0.2, 0) is 4.74 Å². The molecule has 5 heteroatoms. The lowest BCUT2D eigenvalue weighted by molar-refractivity contribution is -0.00931. The molecule has 1 aliphatic rings. The first kappa shape index (κ1) is 16.2. The summed E-state index contributed by atoms with van der Waals surface area (Å²) >= 11 is 0. The van der Waals surface area contributed by atoms with Gasteiger partial charge in [0.05, 0.1) is 13.2 Å². The first-order chi connectivity index (χ1) is 9.01. The van der Waals surface area contributed by atoms with Crippen LogP contribution in [0.15, 0.2) is 5.16 Å². The van der Waals surface area contributed by atoms with E-state index < -0.39 is 0 Å². The quantitative estimate of drug-likeness (QED) is 0.244. The zero-order valence-electron chi connectivity index (χ0n) is 12.6. The van der Waals surface area contributed by atoms with E-state index in [1.54, 1.807) is 0 Å². The number of rotatable bonds is 7. The monoisotopic (exact) mass is 271 g/mol. The molecule has 0 saturated carbocycles. The van der Waals surface area contributed by atoms with E-state index in [9.17, 15) is 0 Å². The Balaban J connectivity index is 2.26. The lowest BCUT2D eigenvalue weighted by atomic mass is 9.86. The zero-order chi connectivity index (χ0) is 14.3. The predicted octanol–water partition coefficient (Wildman–Crippen LogP) is 2.04. The SMILES string of the molecule is CCC1COCCN1CCCCC(C)(C)C(N)=NO. The Morgan fingerprint density at radius 1 is 1.47 bits per heavy atom. The number of morpholine rings is 1. The van der Waals surface area contributed by atoms with E-state index in [0.717, 1.165) is 52.0 Å². The molecule has 0 radical (unpaired) electrons. The molecule has 0 amide bonds. The number of nitrogens with two attached hydrogens (primary N) is 1. The van der Waals surface area contributed by atoms with E-state index in [-0.39, 0.29) is 5.41 Å². The van der Waals surface area contributed by atoms with Gasteiger partial charge in [-0.05, 0) is 25.8 Å². The minimum absolute atomic E-state index is 0.218. The van der Waals surface area contributed by atoms with Crippen LogP contribution < -0.4 is 5.73 Å². The summed E-state index contributed by atoms with van der Waals surface area (Å²) in [5, 5.41) is 11.9. The van der Waals surface area contributed by atoms with Crippen LogP contribution in [0.25, 0.3) is 0 Å². The van der Waals surface area contributed by atoms with Crippen molar-refractivity contribution in [1.29, 1.82) is 0 Å². The second kappa shape index (κ2) is 7.70. The second-order valence-electron chi connectivity index (χ2n) is 6.00. The average Bonchev–Trinajstić information content (AvgIpc) is 2.43. The lowest BCUT2D eigenvalue weighted by Crippen LogP contribution is -2.45. The van der Waals surface area contributed by atoms with E-state index in [0.29, 0.717) is 11.9 Å². The molecule has 0 aromatic heterocycles. The van der Waals surface area contributed by atoms with Crippen LogP contribution in [0, 0.1) is 5.41 Å². The molecule has 5 nitrogen and oxygen atoms in total. The first-order valence-electron chi connectivity index (χ1n) is 7.31. The number of unbranched alkanes of at least 4 members (excludes halogenated alkanes) is 1. The van der Waals surface area contributed by atoms with Gasteiger partial charge in [-0.25, -0.2) is 0 Å². The minimum Gasteiger partial charge on any atom is -0.409 e. The van der Waals surface area contributed by atoms with Gasteiger partial charge in [0.25, 0.3) is 0 Å². The largest absolute Gasteiger partial charge is 0.409 e. The molecule has 0 spiro atoms. The van der Waals surface area contributed by atoms with Gasteiger partial charge in [0.15, 0.2) is 0 Å². The zero-order valence-corrected chi connectivity index (χ0v) is 12.6. The third-order valence-corrected chi connectivity index (χ3v) is 4.12. The van der Waals surface area contributed by atoms with Crippen molar-refractivity contribution in [2.45, 2.75) is 52.5 Å². The Kier molecular flexibility index (Phi) is 6.58. The second-order valence-corrected chi connectivity index (χ2v) is 6.00. The summed E-state index contributed by atoms with van der Waals surface area (Å²) < 4.78 is 5.51. The summed E-state index contributed by atoms with van der Waals surface area (Å²) in [7, 11) is 0. The van der Waals surface area contributed by atoms with Crippen molar-refractivity contribution in [2.75, 3.05) is 26.3 Å². The van der Waals surface area contributed by atoms with Gasteiger partial charge in [-0.15, -0.1) is 0 Å². The Bertz CT molecular complexity index is 292. The summed E-state index contributed by atoms with van der Waals surface area (Å²) in [6.07, 6.45) is 4.34. The van der Waals surface area contributed by atoms with Crippen LogP contribution in [0.5, 0.6) is 0 Å². The molecule has 1 saturated heterocycles. The van der Waals surface area contributed by atoms with E-state index >= 15 is 0 Å². The van der Waals surface area contributed by atoms with Crippen molar-refractivity contribution in [3.05, 3.63) is 0 Å². The van der Waals surface area contributed by atoms with Crippen molar-refractivity contribution < 1.29 is 9.94 Å². The molecule has 19 heavy (non-hydrogen) atoms. The van der Waals surface area contributed by atoms with Crippen LogP contribution in [0.4, 0.5) is 0 Å².